The summed E-state index contributed by atoms with van der Waals surface area (Å²) in [6, 6.07) is 1.12. The predicted molar refractivity (Wildman–Crippen MR) is 79.9 cm³/mol. The van der Waals surface area contributed by atoms with Crippen LogP contribution >= 0.6 is 0 Å². The minimum absolute atomic E-state index is 0.0207. The molecule has 1 heterocycles. The zero-order valence-electron chi connectivity index (χ0n) is 12.4. The minimum Gasteiger partial charge on any atom is -0.365 e. The Hall–Kier alpha value is -2.22. The fraction of sp³-hybridized carbons (Fsp3) is 0.538. The summed E-state index contributed by atoms with van der Waals surface area (Å²) in [6.45, 7) is 6.32. The second-order valence-electron chi connectivity index (χ2n) is 5.70. The van der Waals surface area contributed by atoms with Crippen LogP contribution in [0, 0.1) is 16.0 Å². The van der Waals surface area contributed by atoms with Gasteiger partial charge in [0.05, 0.1) is 10.5 Å². The monoisotopic (exact) mass is 295 g/mol. The molecule has 0 bridgehead atoms. The molecule has 1 rings (SSSR count). The van der Waals surface area contributed by atoms with Crippen molar-refractivity contribution >= 4 is 17.4 Å². The Labute approximate surface area is 123 Å². The molecule has 0 aliphatic carbocycles. The highest BCUT2D eigenvalue weighted by atomic mass is 16.6. The van der Waals surface area contributed by atoms with Crippen molar-refractivity contribution in [1.29, 1.82) is 0 Å². The Balaban J connectivity index is 3.17. The quantitative estimate of drug-likeness (QED) is 0.511. The fourth-order valence-corrected chi connectivity index (χ4v) is 2.21. The van der Waals surface area contributed by atoms with E-state index in [1.54, 1.807) is 0 Å². The molecule has 1 amide bonds. The summed E-state index contributed by atoms with van der Waals surface area (Å²) in [7, 11) is 0. The number of nitrogens with one attached hydrogen (secondary N) is 1. The van der Waals surface area contributed by atoms with Crippen LogP contribution in [-0.2, 0) is 0 Å². The maximum absolute atomic E-state index is 11.5. The fourth-order valence-electron chi connectivity index (χ4n) is 2.21. The van der Waals surface area contributed by atoms with E-state index in [-0.39, 0.29) is 17.1 Å². The van der Waals surface area contributed by atoms with Crippen molar-refractivity contribution in [2.45, 2.75) is 32.7 Å². The third kappa shape index (κ3) is 4.38. The second kappa shape index (κ2) is 6.49. The highest BCUT2D eigenvalue weighted by Gasteiger charge is 2.27. The van der Waals surface area contributed by atoms with Gasteiger partial charge in [0, 0.05) is 18.2 Å². The molecule has 0 radical (unpaired) electrons. The van der Waals surface area contributed by atoms with Crippen molar-refractivity contribution in [3.63, 3.8) is 0 Å². The number of nitrogens with two attached hydrogens (primary N) is 2. The molecule has 1 atom stereocenters. The van der Waals surface area contributed by atoms with Crippen LogP contribution in [0.25, 0.3) is 0 Å². The van der Waals surface area contributed by atoms with E-state index in [1.807, 2.05) is 20.8 Å². The highest BCUT2D eigenvalue weighted by molar-refractivity contribution is 5.98. The molecule has 0 saturated heterocycles. The van der Waals surface area contributed by atoms with E-state index >= 15 is 0 Å². The number of hydrogen-bond acceptors (Lipinski definition) is 6. The van der Waals surface area contributed by atoms with E-state index < -0.39 is 16.4 Å². The number of pyridine rings is 1. The van der Waals surface area contributed by atoms with Crippen molar-refractivity contribution in [3.05, 3.63) is 27.9 Å². The van der Waals surface area contributed by atoms with Gasteiger partial charge in [-0.25, -0.2) is 4.98 Å². The van der Waals surface area contributed by atoms with E-state index in [2.05, 4.69) is 10.3 Å². The number of carbonyl (C=O) groups excluding carboxylic acids is 1. The molecular weight excluding hydrogens is 274 g/mol. The van der Waals surface area contributed by atoms with Gasteiger partial charge >= 0.3 is 0 Å². The Kier molecular flexibility index (Phi) is 5.20. The van der Waals surface area contributed by atoms with Crippen molar-refractivity contribution in [2.24, 2.45) is 17.4 Å². The summed E-state index contributed by atoms with van der Waals surface area (Å²) in [6.07, 6.45) is 1.83. The molecule has 0 saturated carbocycles. The molecule has 1 aromatic heterocycles. The van der Waals surface area contributed by atoms with Crippen LogP contribution in [0.15, 0.2) is 12.3 Å². The first-order valence-corrected chi connectivity index (χ1v) is 6.61. The van der Waals surface area contributed by atoms with E-state index in [0.717, 1.165) is 18.7 Å². The number of aromatic nitrogens is 1. The van der Waals surface area contributed by atoms with Gasteiger partial charge in [0.2, 0.25) is 0 Å². The average Bonchev–Trinajstić information content (AvgIpc) is 2.37. The van der Waals surface area contributed by atoms with E-state index in [9.17, 15) is 14.9 Å². The normalized spacial score (nSPS) is 13.8. The number of nitrogens with zero attached hydrogens (tertiary/aromatic N) is 2. The molecule has 116 valence electrons. The third-order valence-electron chi connectivity index (χ3n) is 3.08. The number of nitro groups is 1. The zero-order chi connectivity index (χ0) is 16.2. The van der Waals surface area contributed by atoms with Crippen molar-refractivity contribution < 1.29 is 9.72 Å². The molecule has 0 fully saturated rings. The van der Waals surface area contributed by atoms with Gasteiger partial charge in [-0.15, -0.1) is 0 Å². The van der Waals surface area contributed by atoms with E-state index in [1.165, 1.54) is 0 Å². The van der Waals surface area contributed by atoms with Gasteiger partial charge in [-0.2, -0.15) is 0 Å². The van der Waals surface area contributed by atoms with Crippen LogP contribution in [0.4, 0.5) is 11.5 Å². The smallest absolute Gasteiger partial charge is 0.288 e. The summed E-state index contributed by atoms with van der Waals surface area (Å²) in [5.74, 6) is -0.194. The number of amides is 1. The Morgan fingerprint density at radius 3 is 2.62 bits per heavy atom. The van der Waals surface area contributed by atoms with Gasteiger partial charge in [0.25, 0.3) is 11.6 Å². The number of anilines is 1. The molecule has 0 spiro atoms. The van der Waals surface area contributed by atoms with Crippen LogP contribution in [0.2, 0.25) is 0 Å². The highest BCUT2D eigenvalue weighted by Crippen LogP contribution is 2.25. The van der Waals surface area contributed by atoms with Gasteiger partial charge in [-0.05, 0) is 19.3 Å². The van der Waals surface area contributed by atoms with Crippen molar-refractivity contribution in [1.82, 2.24) is 4.98 Å². The maximum Gasteiger partial charge on any atom is 0.288 e. The lowest BCUT2D eigenvalue weighted by Crippen LogP contribution is -2.44. The van der Waals surface area contributed by atoms with Crippen LogP contribution < -0.4 is 16.8 Å². The predicted octanol–water partition coefficient (Wildman–Crippen LogP) is 1.26. The van der Waals surface area contributed by atoms with Gasteiger partial charge in [-0.1, -0.05) is 13.8 Å². The molecule has 8 heteroatoms. The Morgan fingerprint density at radius 2 is 2.19 bits per heavy atom. The molecule has 1 aromatic rings. The summed E-state index contributed by atoms with van der Waals surface area (Å²) in [5, 5.41) is 13.8. The third-order valence-corrected chi connectivity index (χ3v) is 3.08. The molecule has 8 nitrogen and oxygen atoms in total. The van der Waals surface area contributed by atoms with Crippen LogP contribution in [-0.4, -0.2) is 27.9 Å². The molecule has 21 heavy (non-hydrogen) atoms. The van der Waals surface area contributed by atoms with E-state index in [0.29, 0.717) is 12.5 Å². The Morgan fingerprint density at radius 1 is 1.57 bits per heavy atom. The van der Waals surface area contributed by atoms with Crippen LogP contribution in [0.1, 0.15) is 37.6 Å². The molecule has 0 aliphatic rings. The largest absolute Gasteiger partial charge is 0.365 e. The average molecular weight is 295 g/mol. The maximum atomic E-state index is 11.5. The van der Waals surface area contributed by atoms with Gasteiger partial charge in [-0.3, -0.25) is 14.9 Å². The SMILES string of the molecule is CC(C)CC(C)(CN)Nc1ncc([N+](=O)[O-])cc1C(N)=O. The topological polar surface area (TPSA) is 137 Å². The zero-order valence-corrected chi connectivity index (χ0v) is 12.4. The lowest BCUT2D eigenvalue weighted by Gasteiger charge is -2.32. The first-order valence-electron chi connectivity index (χ1n) is 6.61. The molecule has 0 aliphatic heterocycles. The summed E-state index contributed by atoms with van der Waals surface area (Å²) < 4.78 is 0. The van der Waals surface area contributed by atoms with Crippen LogP contribution in [0.3, 0.4) is 0 Å². The van der Waals surface area contributed by atoms with Gasteiger partial charge in [0.15, 0.2) is 0 Å². The van der Waals surface area contributed by atoms with Gasteiger partial charge < -0.3 is 16.8 Å². The van der Waals surface area contributed by atoms with Gasteiger partial charge in [0.1, 0.15) is 12.0 Å². The van der Waals surface area contributed by atoms with Crippen molar-refractivity contribution in [3.8, 4) is 0 Å². The lowest BCUT2D eigenvalue weighted by atomic mass is 9.90. The van der Waals surface area contributed by atoms with Crippen molar-refractivity contribution in [2.75, 3.05) is 11.9 Å². The molecular formula is C13H21N5O3. The number of rotatable bonds is 7. The summed E-state index contributed by atoms with van der Waals surface area (Å²) >= 11 is 0. The molecule has 1 unspecified atom stereocenters. The first kappa shape index (κ1) is 16.8. The molecule has 5 N–H and O–H groups in total. The number of primary amides is 1. The van der Waals surface area contributed by atoms with E-state index in [4.69, 9.17) is 11.5 Å². The number of hydrogen-bond donors (Lipinski definition) is 3. The lowest BCUT2D eigenvalue weighted by molar-refractivity contribution is -0.385. The number of carbonyl (C=O) groups is 1. The minimum atomic E-state index is -0.780. The van der Waals surface area contributed by atoms with Crippen LogP contribution in [0.5, 0.6) is 0 Å². The first-order chi connectivity index (χ1) is 9.68. The Bertz CT molecular complexity index is 547. The summed E-state index contributed by atoms with van der Waals surface area (Å²) in [5.41, 5.74) is 10.3. The second-order valence-corrected chi connectivity index (χ2v) is 5.70. The molecule has 0 aromatic carbocycles. The summed E-state index contributed by atoms with van der Waals surface area (Å²) in [4.78, 5) is 25.6. The standard InChI is InChI=1S/C13H21N5O3/c1-8(2)5-13(3,7-14)17-12-10(11(15)19)4-9(6-16-12)18(20)21/h4,6,8H,5,7,14H2,1-3H3,(H2,15,19)(H,16,17).